The van der Waals surface area contributed by atoms with Gasteiger partial charge in [0.05, 0.1) is 36.0 Å². The van der Waals surface area contributed by atoms with Crippen molar-refractivity contribution in [3.63, 3.8) is 0 Å². The summed E-state index contributed by atoms with van der Waals surface area (Å²) in [5.74, 6) is -1.97. The van der Waals surface area contributed by atoms with Gasteiger partial charge in [-0.05, 0) is 55.6 Å². The normalized spacial score (nSPS) is 20.1. The number of benzene rings is 2. The summed E-state index contributed by atoms with van der Waals surface area (Å²) in [7, 11) is -2.28. The molecule has 4 amide bonds. The Balaban J connectivity index is 1.32. The zero-order chi connectivity index (χ0) is 40.4. The van der Waals surface area contributed by atoms with Crippen LogP contribution in [-0.2, 0) is 29.2 Å². The molecular weight excluding hydrogens is 735 g/mol. The number of sulfonamides is 1. The third-order valence-corrected chi connectivity index (χ3v) is 12.9. The zero-order valence-electron chi connectivity index (χ0n) is 33.2. The molecule has 0 spiro atoms. The maximum Gasteiger partial charge on any atom is 0.256 e. The summed E-state index contributed by atoms with van der Waals surface area (Å²) in [6.07, 6.45) is 3.27. The van der Waals surface area contributed by atoms with Crippen LogP contribution in [-0.4, -0.2) is 97.0 Å². The second-order valence-electron chi connectivity index (χ2n) is 16.7. The van der Waals surface area contributed by atoms with Gasteiger partial charge in [-0.1, -0.05) is 65.0 Å². The minimum Gasteiger partial charge on any atom is -0.497 e. The molecule has 1 aromatic heterocycles. The lowest BCUT2D eigenvalue weighted by Gasteiger charge is -2.36. The Morgan fingerprint density at radius 2 is 1.66 bits per heavy atom. The average Bonchev–Trinajstić information content (AvgIpc) is 3.96. The Hall–Kier alpha value is -4.72. The number of piperidine rings is 1. The number of fused-ring (bicyclic) bond motifs is 1. The number of pyridine rings is 1. The number of carbonyl (C=O) groups is 4. The van der Waals surface area contributed by atoms with Crippen molar-refractivity contribution in [2.45, 2.75) is 103 Å². The summed E-state index contributed by atoms with van der Waals surface area (Å²) in [6, 6.07) is 14.7. The standard InChI is InChI=1S/C42H55N5O8S/c1-26(2)38(40(50)45-56(52,53)30-16-17-30)44-39(49)35-22-29(25-47(35)41(51)32(42(3,4)5)23-37(48)46-19-11-8-12-20-46)55-36-24-33(27-13-9-7-10-14-27)43-34-21-28(54-6)15-18-31(34)36/h7,9-10,13-15,18,21,24,26,29-30,32,35,38H,8,11-12,16-17,19-20,22-23,25H2,1-6H3,(H,44,49)(H,45,50)/t29-,32?,35+,38?/m1/s1. The molecular formula is C42H55N5O8S. The Kier molecular flexibility index (Phi) is 12.3. The summed E-state index contributed by atoms with van der Waals surface area (Å²) in [5.41, 5.74) is 1.54. The minimum atomic E-state index is -3.87. The van der Waals surface area contributed by atoms with E-state index >= 15 is 0 Å². The molecule has 56 heavy (non-hydrogen) atoms. The Labute approximate surface area is 329 Å². The fraction of sp³-hybridized carbons (Fsp3) is 0.548. The monoisotopic (exact) mass is 789 g/mol. The molecule has 1 aliphatic carbocycles. The van der Waals surface area contributed by atoms with E-state index in [4.69, 9.17) is 14.5 Å². The number of nitrogens with one attached hydrogen (secondary N) is 2. The van der Waals surface area contributed by atoms with Gasteiger partial charge in [0.25, 0.3) is 5.91 Å². The van der Waals surface area contributed by atoms with Crippen LogP contribution in [0.1, 0.15) is 79.6 Å². The van der Waals surface area contributed by atoms with Gasteiger partial charge < -0.3 is 24.6 Å². The van der Waals surface area contributed by atoms with Crippen LogP contribution in [0, 0.1) is 17.3 Å². The first-order valence-corrected chi connectivity index (χ1v) is 21.3. The fourth-order valence-corrected chi connectivity index (χ4v) is 8.90. The molecule has 4 atom stereocenters. The number of hydrogen-bond donors (Lipinski definition) is 2. The zero-order valence-corrected chi connectivity index (χ0v) is 34.1. The lowest BCUT2D eigenvalue weighted by Crippen LogP contribution is -2.56. The number of nitrogens with zero attached hydrogens (tertiary/aromatic N) is 3. The summed E-state index contributed by atoms with van der Waals surface area (Å²) in [4.78, 5) is 64.4. The molecule has 2 aromatic carbocycles. The van der Waals surface area contributed by atoms with Crippen LogP contribution in [0.2, 0.25) is 0 Å². The first-order chi connectivity index (χ1) is 26.5. The molecule has 2 aliphatic heterocycles. The third-order valence-electron chi connectivity index (χ3n) is 11.1. The average molecular weight is 790 g/mol. The van der Waals surface area contributed by atoms with Gasteiger partial charge in [-0.25, -0.2) is 13.4 Å². The molecule has 0 bridgehead atoms. The van der Waals surface area contributed by atoms with Gasteiger partial charge in [-0.2, -0.15) is 0 Å². The third kappa shape index (κ3) is 9.45. The number of likely N-dealkylation sites (tertiary alicyclic amines) is 2. The summed E-state index contributed by atoms with van der Waals surface area (Å²) in [5, 5.41) is 2.88. The predicted octanol–water partition coefficient (Wildman–Crippen LogP) is 5.07. The molecule has 3 aliphatic rings. The molecule has 3 aromatic rings. The maximum atomic E-state index is 14.8. The van der Waals surface area contributed by atoms with Crippen molar-refractivity contribution >= 4 is 44.6 Å². The molecule has 0 radical (unpaired) electrons. The van der Waals surface area contributed by atoms with Crippen molar-refractivity contribution in [1.29, 1.82) is 0 Å². The number of carbonyl (C=O) groups excluding carboxylic acids is 4. The smallest absolute Gasteiger partial charge is 0.256 e. The SMILES string of the molecule is COc1ccc2c(O[C@@H]3C[C@@H](C(=O)NC(C(=O)NS(=O)(=O)C4CC4)C(C)C)N(C(=O)C(CC(=O)N4CCCCC4)C(C)(C)C)C3)cc(-c3ccccc3)nc2c1. The molecule has 13 nitrogen and oxygen atoms in total. The number of methoxy groups -OCH3 is 1. The van der Waals surface area contributed by atoms with Gasteiger partial charge >= 0.3 is 0 Å². The topological polar surface area (TPSA) is 164 Å². The summed E-state index contributed by atoms with van der Waals surface area (Å²) < 4.78 is 39.8. The highest BCUT2D eigenvalue weighted by molar-refractivity contribution is 7.90. The van der Waals surface area contributed by atoms with E-state index in [0.717, 1.165) is 24.8 Å². The van der Waals surface area contributed by atoms with Crippen molar-refractivity contribution in [2.75, 3.05) is 26.7 Å². The van der Waals surface area contributed by atoms with E-state index < -0.39 is 62.5 Å². The van der Waals surface area contributed by atoms with Gasteiger partial charge in [-0.15, -0.1) is 0 Å². The molecule has 14 heteroatoms. The summed E-state index contributed by atoms with van der Waals surface area (Å²) >= 11 is 0. The highest BCUT2D eigenvalue weighted by atomic mass is 32.2. The molecule has 2 N–H and O–H groups in total. The van der Waals surface area contributed by atoms with Crippen molar-refractivity contribution in [1.82, 2.24) is 24.8 Å². The quantitative estimate of drug-likeness (QED) is 0.241. The second kappa shape index (κ2) is 16.8. The molecule has 3 fully saturated rings. The largest absolute Gasteiger partial charge is 0.497 e. The van der Waals surface area contributed by atoms with Crippen molar-refractivity contribution in [3.8, 4) is 22.8 Å². The highest BCUT2D eigenvalue weighted by Crippen LogP contribution is 2.37. The van der Waals surface area contributed by atoms with E-state index in [1.165, 1.54) is 4.90 Å². The number of ether oxygens (including phenoxy) is 2. The first-order valence-electron chi connectivity index (χ1n) is 19.7. The first kappa shape index (κ1) is 40.9. The van der Waals surface area contributed by atoms with Gasteiger partial charge in [0.2, 0.25) is 27.7 Å². The van der Waals surface area contributed by atoms with E-state index in [9.17, 15) is 27.6 Å². The maximum absolute atomic E-state index is 14.8. The Bertz CT molecular complexity index is 2040. The Morgan fingerprint density at radius 3 is 2.29 bits per heavy atom. The Morgan fingerprint density at radius 1 is 0.964 bits per heavy atom. The van der Waals surface area contributed by atoms with Gasteiger partial charge in [-0.3, -0.25) is 23.9 Å². The van der Waals surface area contributed by atoms with E-state index in [1.807, 2.05) is 80.3 Å². The molecule has 302 valence electrons. The van der Waals surface area contributed by atoms with Crippen LogP contribution in [0.15, 0.2) is 54.6 Å². The minimum absolute atomic E-state index is 0.00793. The number of hydrogen-bond acceptors (Lipinski definition) is 9. The van der Waals surface area contributed by atoms with Gasteiger partial charge in [0.1, 0.15) is 29.7 Å². The second-order valence-corrected chi connectivity index (χ2v) is 18.7. The lowest BCUT2D eigenvalue weighted by atomic mass is 9.77. The van der Waals surface area contributed by atoms with Gasteiger partial charge in [0, 0.05) is 49.0 Å². The predicted molar refractivity (Wildman–Crippen MR) is 213 cm³/mol. The van der Waals surface area contributed by atoms with E-state index in [1.54, 1.807) is 21.0 Å². The summed E-state index contributed by atoms with van der Waals surface area (Å²) in [6.45, 7) is 10.5. The molecule has 1 saturated carbocycles. The van der Waals surface area contributed by atoms with Crippen LogP contribution in [0.25, 0.3) is 22.2 Å². The van der Waals surface area contributed by atoms with E-state index in [0.29, 0.717) is 54.0 Å². The number of amides is 4. The molecule has 2 unspecified atom stereocenters. The molecule has 2 saturated heterocycles. The van der Waals surface area contributed by atoms with Crippen molar-refractivity contribution < 1.29 is 37.1 Å². The van der Waals surface area contributed by atoms with Crippen molar-refractivity contribution in [2.24, 2.45) is 17.3 Å². The van der Waals surface area contributed by atoms with Crippen LogP contribution in [0.5, 0.6) is 11.5 Å². The molecule has 3 heterocycles. The van der Waals surface area contributed by atoms with E-state index in [-0.39, 0.29) is 31.2 Å². The van der Waals surface area contributed by atoms with Gasteiger partial charge in [0.15, 0.2) is 0 Å². The fourth-order valence-electron chi connectivity index (χ4n) is 7.57. The molecule has 6 rings (SSSR count). The van der Waals surface area contributed by atoms with Crippen molar-refractivity contribution in [3.05, 3.63) is 54.6 Å². The highest BCUT2D eigenvalue weighted by Gasteiger charge is 2.47. The van der Waals surface area contributed by atoms with E-state index in [2.05, 4.69) is 10.0 Å². The number of aromatic nitrogens is 1. The lowest BCUT2D eigenvalue weighted by molar-refractivity contribution is -0.148. The van der Waals surface area contributed by atoms with Crippen LogP contribution in [0.4, 0.5) is 0 Å². The van der Waals surface area contributed by atoms with Crippen LogP contribution >= 0.6 is 0 Å². The number of rotatable bonds is 13. The van der Waals surface area contributed by atoms with Crippen LogP contribution < -0.4 is 19.5 Å². The van der Waals surface area contributed by atoms with Crippen LogP contribution in [0.3, 0.4) is 0 Å².